The summed E-state index contributed by atoms with van der Waals surface area (Å²) in [5, 5.41) is 9.22. The molecule has 11 heteroatoms. The van der Waals surface area contributed by atoms with Gasteiger partial charge in [0, 0.05) is 38.8 Å². The average Bonchev–Trinajstić information content (AvgIpc) is 2.46. The quantitative estimate of drug-likeness (QED) is 0.679. The van der Waals surface area contributed by atoms with Gasteiger partial charge in [0.2, 0.25) is 10.0 Å². The Labute approximate surface area is 137 Å². The highest BCUT2D eigenvalue weighted by Gasteiger charge is 2.42. The summed E-state index contributed by atoms with van der Waals surface area (Å²) in [6.07, 6.45) is 2.07. The standard InChI is InChI=1S/C12H23N3O6S2/c1-10-11(12(16)17)4-3-5-15(10)23(20,21)14-8-6-13(7-9-14)22(2,18)19/h10-11H,3-9H2,1-2H3,(H,16,17)/t10-,11-/m1/s1. The molecule has 23 heavy (non-hydrogen) atoms. The minimum Gasteiger partial charge on any atom is -0.481 e. The van der Waals surface area contributed by atoms with Crippen LogP contribution in [0.25, 0.3) is 0 Å². The molecule has 9 nitrogen and oxygen atoms in total. The molecule has 0 aromatic rings. The minimum atomic E-state index is -3.79. The van der Waals surface area contributed by atoms with Gasteiger partial charge in [-0.15, -0.1) is 0 Å². The Kier molecular flexibility index (Phi) is 5.36. The highest BCUT2D eigenvalue weighted by Crippen LogP contribution is 2.28. The Morgan fingerprint density at radius 1 is 1.00 bits per heavy atom. The Bertz CT molecular complexity index is 654. The lowest BCUT2D eigenvalue weighted by molar-refractivity contribution is -0.144. The molecule has 0 spiro atoms. The highest BCUT2D eigenvalue weighted by molar-refractivity contribution is 7.88. The van der Waals surface area contributed by atoms with Crippen LogP contribution in [0.15, 0.2) is 0 Å². The maximum Gasteiger partial charge on any atom is 0.308 e. The van der Waals surface area contributed by atoms with Gasteiger partial charge in [-0.05, 0) is 19.8 Å². The predicted octanol–water partition coefficient (Wildman–Crippen LogP) is -1.01. The number of sulfonamides is 1. The molecule has 0 saturated carbocycles. The zero-order valence-electron chi connectivity index (χ0n) is 13.3. The topological polar surface area (TPSA) is 115 Å². The molecule has 2 fully saturated rings. The van der Waals surface area contributed by atoms with Gasteiger partial charge in [0.05, 0.1) is 12.2 Å². The van der Waals surface area contributed by atoms with Crippen molar-refractivity contribution in [3.05, 3.63) is 0 Å². The molecule has 2 aliphatic heterocycles. The first-order valence-electron chi connectivity index (χ1n) is 7.50. The molecular weight excluding hydrogens is 346 g/mol. The van der Waals surface area contributed by atoms with E-state index < -0.39 is 38.2 Å². The molecule has 0 unspecified atom stereocenters. The van der Waals surface area contributed by atoms with Crippen molar-refractivity contribution in [2.24, 2.45) is 5.92 Å². The molecule has 0 radical (unpaired) electrons. The molecule has 0 amide bonds. The summed E-state index contributed by atoms with van der Waals surface area (Å²) < 4.78 is 52.3. The van der Waals surface area contributed by atoms with Crippen molar-refractivity contribution in [2.45, 2.75) is 25.8 Å². The average molecular weight is 369 g/mol. The van der Waals surface area contributed by atoms with Crippen molar-refractivity contribution in [2.75, 3.05) is 39.0 Å². The number of rotatable bonds is 4. The van der Waals surface area contributed by atoms with E-state index in [9.17, 15) is 26.7 Å². The van der Waals surface area contributed by atoms with Crippen LogP contribution in [0, 0.1) is 5.92 Å². The molecule has 0 aromatic heterocycles. The van der Waals surface area contributed by atoms with E-state index in [-0.39, 0.29) is 26.2 Å². The second kappa shape index (κ2) is 6.63. The number of hydrogen-bond donors (Lipinski definition) is 1. The van der Waals surface area contributed by atoms with Crippen LogP contribution in [-0.2, 0) is 25.0 Å². The number of carbonyl (C=O) groups is 1. The van der Waals surface area contributed by atoms with Gasteiger partial charge in [-0.1, -0.05) is 0 Å². The van der Waals surface area contributed by atoms with Crippen molar-refractivity contribution in [3.8, 4) is 0 Å². The van der Waals surface area contributed by atoms with Gasteiger partial charge in [0.1, 0.15) is 0 Å². The molecular formula is C12H23N3O6S2. The second-order valence-electron chi connectivity index (χ2n) is 6.01. The van der Waals surface area contributed by atoms with Crippen molar-refractivity contribution in [3.63, 3.8) is 0 Å². The van der Waals surface area contributed by atoms with Gasteiger partial charge in [-0.2, -0.15) is 21.3 Å². The van der Waals surface area contributed by atoms with Crippen LogP contribution in [0.4, 0.5) is 0 Å². The van der Waals surface area contributed by atoms with Gasteiger partial charge >= 0.3 is 5.97 Å². The van der Waals surface area contributed by atoms with E-state index in [0.717, 1.165) is 6.26 Å². The zero-order valence-corrected chi connectivity index (χ0v) is 14.9. The third kappa shape index (κ3) is 3.85. The largest absolute Gasteiger partial charge is 0.481 e. The maximum atomic E-state index is 12.8. The van der Waals surface area contributed by atoms with Crippen LogP contribution in [0.1, 0.15) is 19.8 Å². The normalized spacial score (nSPS) is 29.5. The first-order chi connectivity index (χ1) is 10.5. The Hall–Kier alpha value is -0.750. The fourth-order valence-corrected chi connectivity index (χ4v) is 5.82. The third-order valence-electron chi connectivity index (χ3n) is 4.54. The van der Waals surface area contributed by atoms with E-state index in [0.29, 0.717) is 19.4 Å². The van der Waals surface area contributed by atoms with Crippen molar-refractivity contribution < 1.29 is 26.7 Å². The van der Waals surface area contributed by atoms with Crippen molar-refractivity contribution in [1.82, 2.24) is 12.9 Å². The highest BCUT2D eigenvalue weighted by atomic mass is 32.2. The lowest BCUT2D eigenvalue weighted by Crippen LogP contribution is -2.58. The zero-order chi connectivity index (χ0) is 17.4. The van der Waals surface area contributed by atoms with Gasteiger partial charge in [0.15, 0.2) is 0 Å². The van der Waals surface area contributed by atoms with E-state index in [4.69, 9.17) is 0 Å². The van der Waals surface area contributed by atoms with Crippen LogP contribution in [0.5, 0.6) is 0 Å². The molecule has 0 aromatic carbocycles. The summed E-state index contributed by atoms with van der Waals surface area (Å²) in [5.74, 6) is -1.70. The summed E-state index contributed by atoms with van der Waals surface area (Å²) in [6, 6.07) is -0.612. The van der Waals surface area contributed by atoms with Gasteiger partial charge in [-0.3, -0.25) is 4.79 Å². The molecule has 2 aliphatic rings. The van der Waals surface area contributed by atoms with Crippen LogP contribution in [0.2, 0.25) is 0 Å². The molecule has 2 saturated heterocycles. The van der Waals surface area contributed by atoms with Gasteiger partial charge in [-0.25, -0.2) is 8.42 Å². The number of carboxylic acids is 1. The number of nitrogens with zero attached hydrogens (tertiary/aromatic N) is 3. The lowest BCUT2D eigenvalue weighted by Gasteiger charge is -2.41. The van der Waals surface area contributed by atoms with E-state index in [1.165, 1.54) is 12.9 Å². The molecule has 134 valence electrons. The molecule has 2 heterocycles. The van der Waals surface area contributed by atoms with Crippen molar-refractivity contribution >= 4 is 26.2 Å². The Balaban J connectivity index is 2.12. The number of carboxylic acid groups (broad SMARTS) is 1. The molecule has 1 N–H and O–H groups in total. The fourth-order valence-electron chi connectivity index (χ4n) is 3.15. The number of piperidine rings is 1. The SMILES string of the molecule is C[C@@H]1[C@H](C(=O)O)CCCN1S(=O)(=O)N1CCN(S(C)(=O)=O)CC1. The van der Waals surface area contributed by atoms with E-state index in [1.54, 1.807) is 6.92 Å². The predicted molar refractivity (Wildman–Crippen MR) is 83.4 cm³/mol. The summed E-state index contributed by atoms with van der Waals surface area (Å²) >= 11 is 0. The van der Waals surface area contributed by atoms with Crippen LogP contribution < -0.4 is 0 Å². The first kappa shape index (κ1) is 18.6. The lowest BCUT2D eigenvalue weighted by atomic mass is 9.92. The second-order valence-corrected chi connectivity index (χ2v) is 9.87. The number of piperazine rings is 1. The fraction of sp³-hybridized carbons (Fsp3) is 0.917. The van der Waals surface area contributed by atoms with Gasteiger partial charge < -0.3 is 5.11 Å². The molecule has 0 bridgehead atoms. The summed E-state index contributed by atoms with van der Waals surface area (Å²) in [6.45, 7) is 2.29. The maximum absolute atomic E-state index is 12.8. The number of aliphatic carboxylic acids is 1. The van der Waals surface area contributed by atoms with Gasteiger partial charge in [0.25, 0.3) is 10.2 Å². The van der Waals surface area contributed by atoms with E-state index in [2.05, 4.69) is 0 Å². The summed E-state index contributed by atoms with van der Waals surface area (Å²) in [5.41, 5.74) is 0. The van der Waals surface area contributed by atoms with E-state index >= 15 is 0 Å². The molecule has 2 atom stereocenters. The Morgan fingerprint density at radius 3 is 2.00 bits per heavy atom. The minimum absolute atomic E-state index is 0.0797. The Morgan fingerprint density at radius 2 is 1.52 bits per heavy atom. The van der Waals surface area contributed by atoms with Crippen molar-refractivity contribution in [1.29, 1.82) is 0 Å². The molecule has 2 rings (SSSR count). The van der Waals surface area contributed by atoms with E-state index in [1.807, 2.05) is 0 Å². The monoisotopic (exact) mass is 369 g/mol. The van der Waals surface area contributed by atoms with Crippen LogP contribution in [0.3, 0.4) is 0 Å². The number of hydrogen-bond acceptors (Lipinski definition) is 5. The first-order valence-corrected chi connectivity index (χ1v) is 10.7. The third-order valence-corrected chi connectivity index (χ3v) is 7.97. The van der Waals surface area contributed by atoms with Crippen LogP contribution in [-0.4, -0.2) is 85.8 Å². The summed E-state index contributed by atoms with van der Waals surface area (Å²) in [4.78, 5) is 11.3. The summed E-state index contributed by atoms with van der Waals surface area (Å²) in [7, 11) is -7.12. The smallest absolute Gasteiger partial charge is 0.308 e. The molecule has 0 aliphatic carbocycles. The van der Waals surface area contributed by atoms with Crippen LogP contribution >= 0.6 is 0 Å².